The van der Waals surface area contributed by atoms with E-state index in [-0.39, 0.29) is 11.4 Å². The Morgan fingerprint density at radius 3 is 2.30 bits per heavy atom. The molecule has 0 unspecified atom stereocenters. The number of sulfonamides is 1. The summed E-state index contributed by atoms with van der Waals surface area (Å²) in [6.07, 6.45) is 2.86. The van der Waals surface area contributed by atoms with Gasteiger partial charge in [-0.1, -0.05) is 48.5 Å². The molecule has 5 nitrogen and oxygen atoms in total. The third kappa shape index (κ3) is 3.39. The summed E-state index contributed by atoms with van der Waals surface area (Å²) in [6, 6.07) is 19.3. The molecule has 0 amide bonds. The summed E-state index contributed by atoms with van der Waals surface area (Å²) in [4.78, 5) is 4.19. The minimum absolute atomic E-state index is 0.180. The zero-order valence-electron chi connectivity index (χ0n) is 14.6. The first-order valence-corrected chi connectivity index (χ1v) is 10.2. The van der Waals surface area contributed by atoms with Crippen LogP contribution in [0.3, 0.4) is 0 Å². The summed E-state index contributed by atoms with van der Waals surface area (Å²) in [5.41, 5.74) is 2.27. The van der Waals surface area contributed by atoms with E-state index in [2.05, 4.69) is 4.98 Å². The van der Waals surface area contributed by atoms with Crippen LogP contribution >= 0.6 is 0 Å². The van der Waals surface area contributed by atoms with Gasteiger partial charge in [0.25, 0.3) is 0 Å². The lowest BCUT2D eigenvalue weighted by Gasteiger charge is -2.39. The first kappa shape index (κ1) is 17.9. The Bertz CT molecular complexity index is 1020. The van der Waals surface area contributed by atoms with Gasteiger partial charge in [-0.05, 0) is 35.7 Å². The van der Waals surface area contributed by atoms with Gasteiger partial charge in [0.05, 0.1) is 17.0 Å². The average molecular weight is 380 g/mol. The molecule has 3 aromatic rings. The summed E-state index contributed by atoms with van der Waals surface area (Å²) >= 11 is 0. The van der Waals surface area contributed by atoms with E-state index in [1.165, 1.54) is 4.31 Å². The van der Waals surface area contributed by atoms with E-state index in [1.54, 1.807) is 36.7 Å². The van der Waals surface area contributed by atoms with Gasteiger partial charge in [0.1, 0.15) is 0 Å². The van der Waals surface area contributed by atoms with Crippen LogP contribution < -0.4 is 0 Å². The summed E-state index contributed by atoms with van der Waals surface area (Å²) in [5, 5.41) is 11.0. The molecule has 0 radical (unpaired) electrons. The minimum atomic E-state index is -3.73. The van der Waals surface area contributed by atoms with E-state index < -0.39 is 22.2 Å². The van der Waals surface area contributed by atoms with Gasteiger partial charge >= 0.3 is 0 Å². The number of pyridine rings is 1. The van der Waals surface area contributed by atoms with Gasteiger partial charge in [0.2, 0.25) is 10.0 Å². The molecule has 0 bridgehead atoms. The van der Waals surface area contributed by atoms with E-state index in [1.807, 2.05) is 42.5 Å². The first-order chi connectivity index (χ1) is 13.1. The van der Waals surface area contributed by atoms with Crippen LogP contribution in [0.15, 0.2) is 84.0 Å². The van der Waals surface area contributed by atoms with Crippen molar-refractivity contribution in [1.29, 1.82) is 0 Å². The van der Waals surface area contributed by atoms with Gasteiger partial charge in [0.15, 0.2) is 0 Å². The van der Waals surface area contributed by atoms with E-state index in [0.717, 1.165) is 11.1 Å². The van der Waals surface area contributed by atoms with Crippen LogP contribution in [-0.2, 0) is 23.0 Å². The van der Waals surface area contributed by atoms with Crippen molar-refractivity contribution >= 4 is 10.0 Å². The van der Waals surface area contributed by atoms with Crippen molar-refractivity contribution in [2.45, 2.75) is 30.0 Å². The lowest BCUT2D eigenvalue weighted by molar-refractivity contribution is 0.0769. The van der Waals surface area contributed by atoms with Gasteiger partial charge in [-0.25, -0.2) is 8.42 Å². The van der Waals surface area contributed by atoms with Crippen LogP contribution in [0.2, 0.25) is 0 Å². The zero-order chi connectivity index (χ0) is 18.9. The molecule has 2 atom stereocenters. The lowest BCUT2D eigenvalue weighted by Crippen LogP contribution is -2.48. The van der Waals surface area contributed by atoms with Crippen molar-refractivity contribution in [3.63, 3.8) is 0 Å². The third-order valence-electron chi connectivity index (χ3n) is 4.93. The van der Waals surface area contributed by atoms with Crippen LogP contribution in [-0.4, -0.2) is 28.9 Å². The molecule has 0 fully saturated rings. The Morgan fingerprint density at radius 2 is 1.56 bits per heavy atom. The summed E-state index contributed by atoms with van der Waals surface area (Å²) in [6.45, 7) is 0.213. The Labute approximate surface area is 159 Å². The second-order valence-corrected chi connectivity index (χ2v) is 8.50. The second kappa shape index (κ2) is 7.23. The number of aliphatic hydroxyl groups is 1. The van der Waals surface area contributed by atoms with E-state index in [0.29, 0.717) is 12.0 Å². The molecular weight excluding hydrogens is 360 g/mol. The maximum Gasteiger partial charge on any atom is 0.244 e. The predicted molar refractivity (Wildman–Crippen MR) is 102 cm³/mol. The predicted octanol–water partition coefficient (Wildman–Crippen LogP) is 2.93. The molecule has 2 heterocycles. The number of nitrogens with zero attached hydrogens (tertiary/aromatic N) is 2. The molecule has 138 valence electrons. The highest BCUT2D eigenvalue weighted by molar-refractivity contribution is 7.89. The number of hydrogen-bond acceptors (Lipinski definition) is 4. The Hall–Kier alpha value is -2.54. The molecule has 1 aliphatic rings. The number of fused-ring (bicyclic) bond motifs is 1. The topological polar surface area (TPSA) is 70.5 Å². The van der Waals surface area contributed by atoms with Crippen LogP contribution in [0, 0.1) is 0 Å². The Balaban J connectivity index is 1.80. The fourth-order valence-electron chi connectivity index (χ4n) is 3.57. The molecular formula is C21H20N2O3S. The lowest BCUT2D eigenvalue weighted by atomic mass is 9.95. The van der Waals surface area contributed by atoms with Crippen LogP contribution in [0.4, 0.5) is 0 Å². The van der Waals surface area contributed by atoms with Crippen LogP contribution in [0.1, 0.15) is 22.8 Å². The molecule has 0 saturated carbocycles. The summed E-state index contributed by atoms with van der Waals surface area (Å²) < 4.78 is 28.1. The van der Waals surface area contributed by atoms with E-state index in [4.69, 9.17) is 0 Å². The molecule has 0 spiro atoms. The molecule has 1 aromatic heterocycles. The molecule has 1 aliphatic heterocycles. The van der Waals surface area contributed by atoms with Crippen molar-refractivity contribution in [2.24, 2.45) is 0 Å². The van der Waals surface area contributed by atoms with Gasteiger partial charge in [-0.15, -0.1) is 0 Å². The molecule has 6 heteroatoms. The van der Waals surface area contributed by atoms with Gasteiger partial charge in [-0.2, -0.15) is 4.31 Å². The Morgan fingerprint density at radius 1 is 0.889 bits per heavy atom. The van der Waals surface area contributed by atoms with E-state index >= 15 is 0 Å². The standard InChI is InChI=1S/C21H20N2O3S/c24-21-18-8-4-5-9-20(18)27(25,26)23(15-17-6-2-1-3-7-17)19(21)14-16-10-12-22-13-11-16/h1-13,19,21,24H,14-15H2/t19-,21-/m1/s1. The number of rotatable bonds is 4. The smallest absolute Gasteiger partial charge is 0.244 e. The summed E-state index contributed by atoms with van der Waals surface area (Å²) in [5.74, 6) is 0. The molecule has 4 rings (SSSR count). The van der Waals surface area contributed by atoms with Crippen molar-refractivity contribution < 1.29 is 13.5 Å². The highest BCUT2D eigenvalue weighted by atomic mass is 32.2. The average Bonchev–Trinajstić information content (AvgIpc) is 2.71. The van der Waals surface area contributed by atoms with Crippen molar-refractivity contribution in [3.8, 4) is 0 Å². The Kier molecular flexibility index (Phi) is 4.78. The highest BCUT2D eigenvalue weighted by Crippen LogP contribution is 2.38. The largest absolute Gasteiger partial charge is 0.387 e. The normalized spacial score (nSPS) is 21.5. The van der Waals surface area contributed by atoms with Crippen molar-refractivity contribution in [2.75, 3.05) is 0 Å². The number of benzene rings is 2. The third-order valence-corrected chi connectivity index (χ3v) is 6.88. The maximum absolute atomic E-state index is 13.4. The monoisotopic (exact) mass is 380 g/mol. The van der Waals surface area contributed by atoms with Gasteiger partial charge in [-0.3, -0.25) is 4.98 Å². The minimum Gasteiger partial charge on any atom is -0.387 e. The van der Waals surface area contributed by atoms with E-state index in [9.17, 15) is 13.5 Å². The first-order valence-electron chi connectivity index (χ1n) is 8.79. The molecule has 27 heavy (non-hydrogen) atoms. The fourth-order valence-corrected chi connectivity index (χ4v) is 5.42. The van der Waals surface area contributed by atoms with Crippen molar-refractivity contribution in [1.82, 2.24) is 9.29 Å². The molecule has 0 aliphatic carbocycles. The fraction of sp³-hybridized carbons (Fsp3) is 0.190. The van der Waals surface area contributed by atoms with Crippen LogP contribution in [0.5, 0.6) is 0 Å². The van der Waals surface area contributed by atoms with Crippen molar-refractivity contribution in [3.05, 3.63) is 95.8 Å². The summed E-state index contributed by atoms with van der Waals surface area (Å²) in [7, 11) is -3.73. The highest BCUT2D eigenvalue weighted by Gasteiger charge is 2.43. The SMILES string of the molecule is O=S1(=O)c2ccccc2[C@@H](O)[C@@H](Cc2ccncc2)N1Cc1ccccc1. The maximum atomic E-state index is 13.4. The second-order valence-electron chi connectivity index (χ2n) is 6.65. The quantitative estimate of drug-likeness (QED) is 0.756. The number of hydrogen-bond donors (Lipinski definition) is 1. The van der Waals surface area contributed by atoms with Crippen LogP contribution in [0.25, 0.3) is 0 Å². The molecule has 2 aromatic carbocycles. The zero-order valence-corrected chi connectivity index (χ0v) is 15.5. The molecule has 0 saturated heterocycles. The molecule has 1 N–H and O–H groups in total. The number of aromatic nitrogens is 1. The number of aliphatic hydroxyl groups excluding tert-OH is 1. The van der Waals surface area contributed by atoms with Gasteiger partial charge in [0, 0.05) is 24.5 Å². The van der Waals surface area contributed by atoms with Gasteiger partial charge < -0.3 is 5.11 Å².